The molecule has 2 aromatic heterocycles. The van der Waals surface area contributed by atoms with Crippen LogP contribution in [0.2, 0.25) is 10.0 Å². The zero-order valence-corrected chi connectivity index (χ0v) is 23.3. The molecule has 0 aliphatic rings. The van der Waals surface area contributed by atoms with Crippen molar-refractivity contribution in [2.24, 2.45) is 0 Å². The number of pyridine rings is 2. The van der Waals surface area contributed by atoms with E-state index in [2.05, 4.69) is 16.0 Å². The van der Waals surface area contributed by atoms with E-state index in [0.717, 1.165) is 33.4 Å². The Morgan fingerprint density at radius 1 is 0.769 bits per heavy atom. The van der Waals surface area contributed by atoms with Gasteiger partial charge in [0.05, 0.1) is 14.2 Å². The number of halogens is 2. The Bertz CT molecular complexity index is 1530. The van der Waals surface area contributed by atoms with Crippen molar-refractivity contribution in [2.75, 3.05) is 14.2 Å². The highest BCUT2D eigenvalue weighted by atomic mass is 35.5. The van der Waals surface area contributed by atoms with E-state index in [4.69, 9.17) is 42.1 Å². The highest BCUT2D eigenvalue weighted by Crippen LogP contribution is 2.33. The fourth-order valence-corrected chi connectivity index (χ4v) is 4.41. The topological polar surface area (TPSA) is 100 Å². The van der Waals surface area contributed by atoms with Crippen LogP contribution in [0.3, 0.4) is 0 Å². The normalized spacial score (nSPS) is 10.7. The molecule has 0 unspecified atom stereocenters. The number of carbonyl (C=O) groups is 1. The average molecular weight is 569 g/mol. The molecule has 39 heavy (non-hydrogen) atoms. The van der Waals surface area contributed by atoms with Gasteiger partial charge >= 0.3 is 5.97 Å². The summed E-state index contributed by atoms with van der Waals surface area (Å²) in [4.78, 5) is 19.8. The number of carboxylic acid groups (broad SMARTS) is 1. The Hall–Kier alpha value is -4.01. The first-order valence-corrected chi connectivity index (χ1v) is 12.6. The number of carboxylic acids is 1. The van der Waals surface area contributed by atoms with Crippen molar-refractivity contribution in [3.63, 3.8) is 0 Å². The van der Waals surface area contributed by atoms with Crippen LogP contribution in [-0.2, 0) is 13.2 Å². The Kier molecular flexibility index (Phi) is 8.79. The third-order valence-electron chi connectivity index (χ3n) is 6.24. The van der Waals surface area contributed by atoms with Gasteiger partial charge in [0.1, 0.15) is 28.8 Å². The second-order valence-electron chi connectivity index (χ2n) is 8.53. The van der Waals surface area contributed by atoms with Crippen LogP contribution in [0.1, 0.15) is 32.6 Å². The van der Waals surface area contributed by atoms with E-state index < -0.39 is 5.97 Å². The van der Waals surface area contributed by atoms with Crippen LogP contribution >= 0.6 is 23.2 Å². The molecule has 4 aromatic rings. The molecule has 0 radical (unpaired) electrons. The molecule has 0 aliphatic carbocycles. The lowest BCUT2D eigenvalue weighted by molar-refractivity contribution is 0.0692. The van der Waals surface area contributed by atoms with Crippen molar-refractivity contribution < 1.29 is 28.8 Å². The van der Waals surface area contributed by atoms with Crippen molar-refractivity contribution >= 4 is 29.2 Å². The number of hydrogen-bond acceptors (Lipinski definition) is 7. The van der Waals surface area contributed by atoms with Gasteiger partial charge in [-0.25, -0.2) is 4.79 Å². The van der Waals surface area contributed by atoms with E-state index in [1.165, 1.54) is 20.3 Å². The standard InChI is InChI=1S/C29H26Cl2N2O6/c1-16-18(14-38-27-23(30)11-12-25(32-27)36-3)7-5-9-20(16)21-10-6-8-19(17(21)2)15-39-28-24(31)13-22(29(34)35)26(33-28)37-4/h5-13H,14-15H2,1-4H3,(H,34,35). The number of rotatable bonds is 10. The maximum Gasteiger partial charge on any atom is 0.341 e. The molecule has 0 spiro atoms. The fraction of sp³-hybridized carbons (Fsp3) is 0.207. The Balaban J connectivity index is 1.57. The quantitative estimate of drug-likeness (QED) is 0.219. The van der Waals surface area contributed by atoms with Gasteiger partial charge in [-0.3, -0.25) is 0 Å². The molecule has 2 aromatic carbocycles. The van der Waals surface area contributed by atoms with Crippen molar-refractivity contribution in [1.82, 2.24) is 9.97 Å². The third-order valence-corrected chi connectivity index (χ3v) is 6.80. The molecule has 0 bridgehead atoms. The zero-order valence-electron chi connectivity index (χ0n) is 21.7. The molecule has 0 amide bonds. The van der Waals surface area contributed by atoms with Crippen LogP contribution in [0.5, 0.6) is 23.5 Å². The van der Waals surface area contributed by atoms with Crippen LogP contribution in [0.25, 0.3) is 11.1 Å². The summed E-state index contributed by atoms with van der Waals surface area (Å²) in [6.07, 6.45) is 0. The monoisotopic (exact) mass is 568 g/mol. The molecule has 0 aliphatic heterocycles. The van der Waals surface area contributed by atoms with Gasteiger partial charge in [0.15, 0.2) is 0 Å². The summed E-state index contributed by atoms with van der Waals surface area (Å²) in [5.41, 5.74) is 5.90. The number of aromatic nitrogens is 2. The summed E-state index contributed by atoms with van der Waals surface area (Å²) in [5.74, 6) is -0.461. The first kappa shape index (κ1) is 28.0. The number of hydrogen-bond donors (Lipinski definition) is 1. The molecule has 0 fully saturated rings. The van der Waals surface area contributed by atoms with E-state index in [1.54, 1.807) is 12.1 Å². The van der Waals surface area contributed by atoms with E-state index in [9.17, 15) is 9.90 Å². The summed E-state index contributed by atoms with van der Waals surface area (Å²) < 4.78 is 22.1. The van der Waals surface area contributed by atoms with Crippen molar-refractivity contribution in [1.29, 1.82) is 0 Å². The van der Waals surface area contributed by atoms with Gasteiger partial charge in [0.2, 0.25) is 23.5 Å². The highest BCUT2D eigenvalue weighted by molar-refractivity contribution is 6.32. The van der Waals surface area contributed by atoms with Gasteiger partial charge in [0, 0.05) is 6.07 Å². The van der Waals surface area contributed by atoms with E-state index >= 15 is 0 Å². The maximum atomic E-state index is 11.4. The minimum absolute atomic E-state index is 0.0764. The fourth-order valence-electron chi connectivity index (χ4n) is 4.04. The Morgan fingerprint density at radius 3 is 1.85 bits per heavy atom. The number of aromatic carboxylic acids is 1. The molecule has 0 saturated carbocycles. The van der Waals surface area contributed by atoms with Crippen LogP contribution in [0, 0.1) is 13.8 Å². The zero-order chi connectivity index (χ0) is 28.1. The van der Waals surface area contributed by atoms with Gasteiger partial charge in [-0.15, -0.1) is 0 Å². The molecule has 4 rings (SSSR count). The average Bonchev–Trinajstić information content (AvgIpc) is 2.93. The first-order valence-electron chi connectivity index (χ1n) is 11.8. The highest BCUT2D eigenvalue weighted by Gasteiger charge is 2.18. The minimum atomic E-state index is -1.19. The first-order chi connectivity index (χ1) is 18.7. The molecular formula is C29H26Cl2N2O6. The molecule has 202 valence electrons. The van der Waals surface area contributed by atoms with Crippen molar-refractivity contribution in [3.05, 3.63) is 92.5 Å². The lowest BCUT2D eigenvalue weighted by Crippen LogP contribution is -2.06. The number of ether oxygens (including phenoxy) is 4. The third kappa shape index (κ3) is 6.19. The van der Waals surface area contributed by atoms with Gasteiger partial charge < -0.3 is 24.1 Å². The van der Waals surface area contributed by atoms with Crippen molar-refractivity contribution in [3.8, 4) is 34.6 Å². The second-order valence-corrected chi connectivity index (χ2v) is 9.35. The summed E-state index contributed by atoms with van der Waals surface area (Å²) >= 11 is 12.5. The van der Waals surface area contributed by atoms with Gasteiger partial charge in [-0.05, 0) is 59.4 Å². The van der Waals surface area contributed by atoms with Crippen LogP contribution < -0.4 is 18.9 Å². The van der Waals surface area contributed by atoms with Crippen LogP contribution in [0.4, 0.5) is 0 Å². The Labute approximate surface area is 236 Å². The SMILES string of the molecule is COc1ccc(Cl)c(OCc2cccc(-c3cccc(COc4nc(OC)c(C(=O)O)cc4Cl)c3C)c2C)n1. The lowest BCUT2D eigenvalue weighted by Gasteiger charge is -2.17. The lowest BCUT2D eigenvalue weighted by atomic mass is 9.92. The predicted octanol–water partition coefficient (Wildman–Crippen LogP) is 6.94. The summed E-state index contributed by atoms with van der Waals surface area (Å²) in [6, 6.07) is 16.6. The van der Waals surface area contributed by atoms with Crippen LogP contribution in [0.15, 0.2) is 54.6 Å². The number of methoxy groups -OCH3 is 2. The number of benzene rings is 2. The molecular weight excluding hydrogens is 543 g/mol. The molecule has 8 nitrogen and oxygen atoms in total. The van der Waals surface area contributed by atoms with Gasteiger partial charge in [0.25, 0.3) is 0 Å². The van der Waals surface area contributed by atoms with Gasteiger partial charge in [-0.2, -0.15) is 9.97 Å². The predicted molar refractivity (Wildman–Crippen MR) is 149 cm³/mol. The second kappa shape index (κ2) is 12.2. The molecule has 0 atom stereocenters. The van der Waals surface area contributed by atoms with E-state index in [-0.39, 0.29) is 35.6 Å². The van der Waals surface area contributed by atoms with Crippen molar-refractivity contribution in [2.45, 2.75) is 27.1 Å². The van der Waals surface area contributed by atoms with E-state index in [1.807, 2.05) is 44.2 Å². The van der Waals surface area contributed by atoms with E-state index in [0.29, 0.717) is 16.8 Å². The largest absolute Gasteiger partial charge is 0.481 e. The molecule has 10 heteroatoms. The summed E-state index contributed by atoms with van der Waals surface area (Å²) in [5, 5.41) is 9.80. The molecule has 1 N–H and O–H groups in total. The minimum Gasteiger partial charge on any atom is -0.481 e. The van der Waals surface area contributed by atoms with Gasteiger partial charge in [-0.1, -0.05) is 59.6 Å². The summed E-state index contributed by atoms with van der Waals surface area (Å²) in [7, 11) is 2.87. The molecule has 2 heterocycles. The maximum absolute atomic E-state index is 11.4. The summed E-state index contributed by atoms with van der Waals surface area (Å²) in [6.45, 7) is 4.50. The van der Waals surface area contributed by atoms with Crippen LogP contribution in [-0.4, -0.2) is 35.3 Å². The Morgan fingerprint density at radius 2 is 1.33 bits per heavy atom. The molecule has 0 saturated heterocycles. The smallest absolute Gasteiger partial charge is 0.341 e. The number of nitrogens with zero attached hydrogens (tertiary/aromatic N) is 2.